The molecule has 2 rings (SSSR count). The molecule has 0 saturated carbocycles. The van der Waals surface area contributed by atoms with Crippen LogP contribution in [0.3, 0.4) is 0 Å². The molecular formula is C22H28ClN3O3. The van der Waals surface area contributed by atoms with Crippen molar-refractivity contribution in [2.45, 2.75) is 46.3 Å². The van der Waals surface area contributed by atoms with Gasteiger partial charge in [-0.05, 0) is 56.2 Å². The maximum atomic E-state index is 12.2. The first-order valence-corrected chi connectivity index (χ1v) is 10.1. The number of anilines is 2. The third-order valence-corrected chi connectivity index (χ3v) is 4.28. The van der Waals surface area contributed by atoms with E-state index >= 15 is 0 Å². The number of benzene rings is 2. The summed E-state index contributed by atoms with van der Waals surface area (Å²) < 4.78 is 5.60. The van der Waals surface area contributed by atoms with E-state index in [1.165, 1.54) is 0 Å². The summed E-state index contributed by atoms with van der Waals surface area (Å²) >= 11 is 6.18. The van der Waals surface area contributed by atoms with E-state index in [9.17, 15) is 9.59 Å². The van der Waals surface area contributed by atoms with Crippen LogP contribution in [0.1, 0.15) is 39.2 Å². The molecule has 2 aromatic carbocycles. The topological polar surface area (TPSA) is 79.5 Å². The molecule has 0 spiro atoms. The highest BCUT2D eigenvalue weighted by atomic mass is 35.5. The number of hydrogen-bond acceptors (Lipinski definition) is 4. The second-order valence-corrected chi connectivity index (χ2v) is 7.34. The predicted molar refractivity (Wildman–Crippen MR) is 118 cm³/mol. The Morgan fingerprint density at radius 1 is 1.07 bits per heavy atom. The van der Waals surface area contributed by atoms with Crippen molar-refractivity contribution in [3.05, 3.63) is 53.1 Å². The minimum absolute atomic E-state index is 0.0525. The average Bonchev–Trinajstić information content (AvgIpc) is 2.67. The van der Waals surface area contributed by atoms with Crippen molar-refractivity contribution in [1.82, 2.24) is 5.32 Å². The summed E-state index contributed by atoms with van der Waals surface area (Å²) in [6, 6.07) is 12.7. The Morgan fingerprint density at radius 2 is 1.79 bits per heavy atom. The van der Waals surface area contributed by atoms with Gasteiger partial charge in [-0.25, -0.2) is 0 Å². The maximum absolute atomic E-state index is 12.2. The maximum Gasteiger partial charge on any atom is 0.239 e. The molecule has 3 N–H and O–H groups in total. The monoisotopic (exact) mass is 417 g/mol. The fourth-order valence-corrected chi connectivity index (χ4v) is 2.77. The SMILES string of the molecule is CCCC(=O)Nc1ccc(Cl)c(NCC(=O)NCc2ccc(OC(C)C)cc2)c1. The molecule has 0 atom stereocenters. The standard InChI is InChI=1S/C22H28ClN3O3/c1-4-5-21(27)26-17-8-11-19(23)20(12-17)24-14-22(28)25-13-16-6-9-18(10-7-16)29-15(2)3/h6-12,15,24H,4-5,13-14H2,1-3H3,(H,25,28)(H,26,27). The van der Waals surface area contributed by atoms with Gasteiger partial charge in [0, 0.05) is 18.7 Å². The van der Waals surface area contributed by atoms with Crippen LogP contribution < -0.4 is 20.7 Å². The summed E-state index contributed by atoms with van der Waals surface area (Å²) in [7, 11) is 0. The van der Waals surface area contributed by atoms with E-state index in [1.807, 2.05) is 45.0 Å². The minimum atomic E-state index is -0.163. The van der Waals surface area contributed by atoms with Gasteiger partial charge < -0.3 is 20.7 Å². The summed E-state index contributed by atoms with van der Waals surface area (Å²) in [5, 5.41) is 9.16. The molecule has 0 bridgehead atoms. The van der Waals surface area contributed by atoms with Crippen LogP contribution in [0.25, 0.3) is 0 Å². The Morgan fingerprint density at radius 3 is 2.45 bits per heavy atom. The number of amides is 2. The normalized spacial score (nSPS) is 10.5. The smallest absolute Gasteiger partial charge is 0.239 e. The summed E-state index contributed by atoms with van der Waals surface area (Å²) in [5.41, 5.74) is 2.21. The molecule has 7 heteroatoms. The van der Waals surface area contributed by atoms with Crippen LogP contribution in [0.15, 0.2) is 42.5 Å². The van der Waals surface area contributed by atoms with Crippen LogP contribution in [0.2, 0.25) is 5.02 Å². The van der Waals surface area contributed by atoms with Crippen LogP contribution in [0.4, 0.5) is 11.4 Å². The molecular weight excluding hydrogens is 390 g/mol. The van der Waals surface area contributed by atoms with Crippen molar-refractivity contribution in [2.75, 3.05) is 17.2 Å². The lowest BCUT2D eigenvalue weighted by Gasteiger charge is -2.12. The van der Waals surface area contributed by atoms with Crippen molar-refractivity contribution in [1.29, 1.82) is 0 Å². The molecule has 0 radical (unpaired) electrons. The van der Waals surface area contributed by atoms with E-state index in [-0.39, 0.29) is 24.5 Å². The molecule has 0 unspecified atom stereocenters. The highest BCUT2D eigenvalue weighted by Gasteiger charge is 2.07. The Balaban J connectivity index is 1.83. The van der Waals surface area contributed by atoms with Gasteiger partial charge in [-0.15, -0.1) is 0 Å². The third kappa shape index (κ3) is 8.03. The molecule has 0 aliphatic carbocycles. The van der Waals surface area contributed by atoms with Crippen LogP contribution in [-0.2, 0) is 16.1 Å². The van der Waals surface area contributed by atoms with E-state index in [0.29, 0.717) is 29.4 Å². The molecule has 2 amide bonds. The molecule has 6 nitrogen and oxygen atoms in total. The molecule has 2 aromatic rings. The fourth-order valence-electron chi connectivity index (χ4n) is 2.59. The number of halogens is 1. The van der Waals surface area contributed by atoms with Crippen LogP contribution >= 0.6 is 11.6 Å². The molecule has 0 aliphatic heterocycles. The lowest BCUT2D eigenvalue weighted by Crippen LogP contribution is -2.29. The molecule has 0 heterocycles. The molecule has 156 valence electrons. The van der Waals surface area contributed by atoms with Crippen molar-refractivity contribution in [3.8, 4) is 5.75 Å². The largest absolute Gasteiger partial charge is 0.491 e. The first kappa shape index (κ1) is 22.6. The summed E-state index contributed by atoms with van der Waals surface area (Å²) in [6.45, 7) is 6.38. The van der Waals surface area contributed by atoms with Crippen LogP contribution in [0, 0.1) is 0 Å². The molecule has 29 heavy (non-hydrogen) atoms. The number of carbonyl (C=O) groups excluding carboxylic acids is 2. The van der Waals surface area contributed by atoms with Crippen molar-refractivity contribution in [2.24, 2.45) is 0 Å². The number of hydrogen-bond donors (Lipinski definition) is 3. The van der Waals surface area contributed by atoms with Crippen LogP contribution in [0.5, 0.6) is 5.75 Å². The van der Waals surface area contributed by atoms with E-state index in [0.717, 1.165) is 17.7 Å². The highest BCUT2D eigenvalue weighted by Crippen LogP contribution is 2.25. The molecule has 0 aliphatic rings. The van der Waals surface area contributed by atoms with E-state index in [1.54, 1.807) is 18.2 Å². The number of carbonyl (C=O) groups is 2. The van der Waals surface area contributed by atoms with Gasteiger partial charge in [-0.2, -0.15) is 0 Å². The van der Waals surface area contributed by atoms with Gasteiger partial charge >= 0.3 is 0 Å². The van der Waals surface area contributed by atoms with E-state index in [4.69, 9.17) is 16.3 Å². The van der Waals surface area contributed by atoms with Crippen molar-refractivity contribution >= 4 is 34.8 Å². The fraction of sp³-hybridized carbons (Fsp3) is 0.364. The van der Waals surface area contributed by atoms with Crippen molar-refractivity contribution < 1.29 is 14.3 Å². The van der Waals surface area contributed by atoms with E-state index in [2.05, 4.69) is 16.0 Å². The summed E-state index contributed by atoms with van der Waals surface area (Å²) in [5.74, 6) is 0.588. The lowest BCUT2D eigenvalue weighted by atomic mass is 10.2. The van der Waals surface area contributed by atoms with Gasteiger partial charge in [0.05, 0.1) is 23.4 Å². The first-order chi connectivity index (χ1) is 13.9. The minimum Gasteiger partial charge on any atom is -0.491 e. The van der Waals surface area contributed by atoms with E-state index < -0.39 is 0 Å². The zero-order valence-electron chi connectivity index (χ0n) is 17.0. The molecule has 0 saturated heterocycles. The van der Waals surface area contributed by atoms with Crippen molar-refractivity contribution in [3.63, 3.8) is 0 Å². The lowest BCUT2D eigenvalue weighted by molar-refractivity contribution is -0.119. The quantitative estimate of drug-likeness (QED) is 0.528. The summed E-state index contributed by atoms with van der Waals surface area (Å²) in [4.78, 5) is 23.9. The zero-order chi connectivity index (χ0) is 21.2. The average molecular weight is 418 g/mol. The Kier molecular flexibility index (Phi) is 8.80. The molecule has 0 aromatic heterocycles. The number of nitrogens with one attached hydrogen (secondary N) is 3. The first-order valence-electron chi connectivity index (χ1n) is 9.73. The predicted octanol–water partition coefficient (Wildman–Crippen LogP) is 4.59. The molecule has 0 fully saturated rings. The Hall–Kier alpha value is -2.73. The van der Waals surface area contributed by atoms with Gasteiger partial charge in [-0.1, -0.05) is 30.7 Å². The van der Waals surface area contributed by atoms with Crippen LogP contribution in [-0.4, -0.2) is 24.5 Å². The third-order valence-electron chi connectivity index (χ3n) is 3.95. The highest BCUT2D eigenvalue weighted by molar-refractivity contribution is 6.33. The van der Waals surface area contributed by atoms with Gasteiger partial charge in [0.15, 0.2) is 0 Å². The van der Waals surface area contributed by atoms with Gasteiger partial charge in [-0.3, -0.25) is 9.59 Å². The summed E-state index contributed by atoms with van der Waals surface area (Å²) in [6.07, 6.45) is 1.35. The van der Waals surface area contributed by atoms with Gasteiger partial charge in [0.1, 0.15) is 5.75 Å². The Labute approximate surface area is 177 Å². The number of rotatable bonds is 10. The van der Waals surface area contributed by atoms with Gasteiger partial charge in [0.2, 0.25) is 11.8 Å². The second kappa shape index (κ2) is 11.3. The van der Waals surface area contributed by atoms with Gasteiger partial charge in [0.25, 0.3) is 0 Å². The second-order valence-electron chi connectivity index (χ2n) is 6.93. The zero-order valence-corrected chi connectivity index (χ0v) is 17.8. The Bertz CT molecular complexity index is 823. The number of ether oxygens (including phenoxy) is 1.